The summed E-state index contributed by atoms with van der Waals surface area (Å²) in [6.45, 7) is 2.13. The third-order valence-corrected chi connectivity index (χ3v) is 4.63. The molecule has 2 fully saturated rings. The molecule has 21 heavy (non-hydrogen) atoms. The average Bonchev–Trinajstić information content (AvgIpc) is 3.10. The molecular formula is C15H16N2O4. The van der Waals surface area contributed by atoms with Crippen molar-refractivity contribution in [3.63, 3.8) is 0 Å². The topological polar surface area (TPSA) is 70.1 Å². The minimum absolute atomic E-state index is 0.0170. The number of likely N-dealkylation sites (N-methyl/N-ethyl adjacent to an activating group) is 1. The number of aliphatic hydroxyl groups excluding tert-OH is 1. The first kappa shape index (κ1) is 12.8. The van der Waals surface area contributed by atoms with Crippen LogP contribution in [-0.4, -0.2) is 52.1 Å². The molecule has 3 amide bonds. The highest BCUT2D eigenvalue weighted by Gasteiger charge is 2.57. The molecule has 6 nitrogen and oxygen atoms in total. The molecule has 1 aromatic carbocycles. The van der Waals surface area contributed by atoms with E-state index >= 15 is 0 Å². The van der Waals surface area contributed by atoms with Gasteiger partial charge in [-0.3, -0.25) is 9.69 Å². The zero-order valence-corrected chi connectivity index (χ0v) is 11.6. The van der Waals surface area contributed by atoms with Crippen molar-refractivity contribution in [2.24, 2.45) is 0 Å². The molecule has 110 valence electrons. The number of rotatable bonds is 2. The number of urea groups is 1. The number of nitrogens with zero attached hydrogens (tertiary/aromatic N) is 2. The zero-order valence-electron chi connectivity index (χ0n) is 11.6. The van der Waals surface area contributed by atoms with Gasteiger partial charge in [-0.05, 0) is 18.1 Å². The lowest BCUT2D eigenvalue weighted by Gasteiger charge is -2.32. The number of imide groups is 1. The summed E-state index contributed by atoms with van der Waals surface area (Å²) in [6, 6.07) is 6.90. The number of benzene rings is 1. The number of hydrogen-bond acceptors (Lipinski definition) is 4. The smallest absolute Gasteiger partial charge is 0.327 e. The Hall–Kier alpha value is -1.92. The first-order valence-corrected chi connectivity index (χ1v) is 7.16. The first-order chi connectivity index (χ1) is 10.1. The van der Waals surface area contributed by atoms with Gasteiger partial charge in [0.15, 0.2) is 0 Å². The predicted octanol–water partition coefficient (Wildman–Crippen LogP) is 0.826. The van der Waals surface area contributed by atoms with Gasteiger partial charge >= 0.3 is 6.03 Å². The second kappa shape index (κ2) is 4.29. The van der Waals surface area contributed by atoms with Crippen molar-refractivity contribution >= 4 is 11.9 Å². The molecule has 3 heterocycles. The van der Waals surface area contributed by atoms with Crippen LogP contribution in [0.4, 0.5) is 4.79 Å². The fourth-order valence-electron chi connectivity index (χ4n) is 3.67. The van der Waals surface area contributed by atoms with E-state index < -0.39 is 18.2 Å². The summed E-state index contributed by atoms with van der Waals surface area (Å²) in [5.41, 5.74) is 1.99. The van der Waals surface area contributed by atoms with Crippen molar-refractivity contribution in [2.45, 2.75) is 31.3 Å². The van der Waals surface area contributed by atoms with Gasteiger partial charge in [-0.2, -0.15) is 0 Å². The summed E-state index contributed by atoms with van der Waals surface area (Å²) in [5.74, 6) is -0.217. The Labute approximate surface area is 121 Å². The summed E-state index contributed by atoms with van der Waals surface area (Å²) < 4.78 is 5.86. The lowest BCUT2D eigenvalue weighted by atomic mass is 9.85. The van der Waals surface area contributed by atoms with E-state index in [9.17, 15) is 14.7 Å². The summed E-state index contributed by atoms with van der Waals surface area (Å²) in [7, 11) is 0. The molecule has 0 aromatic heterocycles. The molecule has 4 atom stereocenters. The Bertz CT molecular complexity index is 632. The summed E-state index contributed by atoms with van der Waals surface area (Å²) in [6.07, 6.45) is -1.55. The third-order valence-electron chi connectivity index (χ3n) is 4.63. The van der Waals surface area contributed by atoms with Crippen LogP contribution in [0, 0.1) is 0 Å². The normalized spacial score (nSPS) is 34.0. The van der Waals surface area contributed by atoms with E-state index in [0.29, 0.717) is 6.54 Å². The van der Waals surface area contributed by atoms with Crippen molar-refractivity contribution in [1.82, 2.24) is 9.80 Å². The number of aliphatic hydroxyl groups is 1. The highest BCUT2D eigenvalue weighted by Crippen LogP contribution is 2.52. The number of carbonyl (C=O) groups is 2. The number of fused-ring (bicyclic) bond motifs is 5. The van der Waals surface area contributed by atoms with E-state index in [1.807, 2.05) is 24.3 Å². The Morgan fingerprint density at radius 1 is 1.24 bits per heavy atom. The fourth-order valence-corrected chi connectivity index (χ4v) is 3.67. The van der Waals surface area contributed by atoms with Crippen LogP contribution in [-0.2, 0) is 9.53 Å². The Morgan fingerprint density at radius 2 is 1.90 bits per heavy atom. The summed E-state index contributed by atoms with van der Waals surface area (Å²) in [5, 5.41) is 10.5. The molecule has 0 unspecified atom stereocenters. The predicted molar refractivity (Wildman–Crippen MR) is 72.3 cm³/mol. The Kier molecular flexibility index (Phi) is 2.61. The van der Waals surface area contributed by atoms with Gasteiger partial charge in [0.05, 0.1) is 6.04 Å². The van der Waals surface area contributed by atoms with E-state index in [-0.39, 0.29) is 24.6 Å². The molecular weight excluding hydrogens is 272 g/mol. The van der Waals surface area contributed by atoms with Gasteiger partial charge in [0.2, 0.25) is 5.91 Å². The molecule has 6 heteroatoms. The van der Waals surface area contributed by atoms with Gasteiger partial charge in [-0.25, -0.2) is 4.79 Å². The Balaban J connectivity index is 1.70. The van der Waals surface area contributed by atoms with Crippen LogP contribution < -0.4 is 0 Å². The van der Waals surface area contributed by atoms with Crippen molar-refractivity contribution in [3.05, 3.63) is 35.4 Å². The van der Waals surface area contributed by atoms with Crippen molar-refractivity contribution in [3.8, 4) is 0 Å². The molecule has 0 spiro atoms. The van der Waals surface area contributed by atoms with Crippen LogP contribution in [0.15, 0.2) is 24.3 Å². The van der Waals surface area contributed by atoms with Crippen LogP contribution in [0.5, 0.6) is 0 Å². The molecule has 0 saturated carbocycles. The quantitative estimate of drug-likeness (QED) is 0.818. The maximum atomic E-state index is 12.3. The van der Waals surface area contributed by atoms with Crippen LogP contribution in [0.3, 0.4) is 0 Å². The maximum Gasteiger partial charge on any atom is 0.327 e. The number of carbonyl (C=O) groups excluding carboxylic acids is 2. The molecule has 0 aliphatic carbocycles. The second-order valence-electron chi connectivity index (χ2n) is 5.64. The molecule has 3 aliphatic heterocycles. The minimum Gasteiger partial charge on any atom is -0.388 e. The van der Waals surface area contributed by atoms with Crippen LogP contribution in [0.25, 0.3) is 0 Å². The zero-order chi connectivity index (χ0) is 14.7. The van der Waals surface area contributed by atoms with E-state index in [1.54, 1.807) is 6.92 Å². The molecule has 0 radical (unpaired) electrons. The van der Waals surface area contributed by atoms with Gasteiger partial charge in [-0.1, -0.05) is 24.3 Å². The molecule has 1 N–H and O–H groups in total. The summed E-state index contributed by atoms with van der Waals surface area (Å²) in [4.78, 5) is 26.9. The first-order valence-electron chi connectivity index (χ1n) is 7.16. The minimum atomic E-state index is -0.793. The van der Waals surface area contributed by atoms with E-state index in [2.05, 4.69) is 0 Å². The lowest BCUT2D eigenvalue weighted by molar-refractivity contribution is -0.125. The number of hydrogen-bond donors (Lipinski definition) is 1. The van der Waals surface area contributed by atoms with Gasteiger partial charge in [-0.15, -0.1) is 0 Å². The monoisotopic (exact) mass is 288 g/mol. The van der Waals surface area contributed by atoms with Gasteiger partial charge in [0, 0.05) is 6.54 Å². The van der Waals surface area contributed by atoms with Gasteiger partial charge < -0.3 is 14.7 Å². The number of ether oxygens (including phenoxy) is 1. The standard InChI is InChI=1S/C15H16N2O4/c1-2-16-10(18)7-17(15(16)20)11-12(19)14-9-6-4-3-5-8(9)13(11)21-14/h3-6,11-14,19H,2,7H2,1H3/t11-,12-,13-,14+/m0/s1. The van der Waals surface area contributed by atoms with Crippen LogP contribution >= 0.6 is 0 Å². The van der Waals surface area contributed by atoms with E-state index in [4.69, 9.17) is 4.74 Å². The van der Waals surface area contributed by atoms with Crippen molar-refractivity contribution in [2.75, 3.05) is 13.1 Å². The largest absolute Gasteiger partial charge is 0.388 e. The molecule has 1 aromatic rings. The molecule has 3 aliphatic rings. The lowest BCUT2D eigenvalue weighted by Crippen LogP contribution is -2.48. The summed E-state index contributed by atoms with van der Waals surface area (Å²) >= 11 is 0. The molecule has 2 saturated heterocycles. The van der Waals surface area contributed by atoms with Gasteiger partial charge in [0.25, 0.3) is 0 Å². The van der Waals surface area contributed by atoms with E-state index in [1.165, 1.54) is 9.80 Å². The van der Waals surface area contributed by atoms with Crippen molar-refractivity contribution < 1.29 is 19.4 Å². The van der Waals surface area contributed by atoms with Crippen molar-refractivity contribution in [1.29, 1.82) is 0 Å². The number of amides is 3. The highest BCUT2D eigenvalue weighted by atomic mass is 16.5. The molecule has 4 rings (SSSR count). The van der Waals surface area contributed by atoms with Gasteiger partial charge in [0.1, 0.15) is 24.9 Å². The molecule has 2 bridgehead atoms. The van der Waals surface area contributed by atoms with E-state index in [0.717, 1.165) is 11.1 Å². The SMILES string of the molecule is CCN1C(=O)CN([C@H]2[C@H](O)[C@@H]3O[C@H]2c2ccccc23)C1=O. The average molecular weight is 288 g/mol. The fraction of sp³-hybridized carbons (Fsp3) is 0.467. The maximum absolute atomic E-state index is 12.3. The Morgan fingerprint density at radius 3 is 2.52 bits per heavy atom. The van der Waals surface area contributed by atoms with Crippen LogP contribution in [0.1, 0.15) is 30.3 Å². The second-order valence-corrected chi connectivity index (χ2v) is 5.64. The van der Waals surface area contributed by atoms with Crippen LogP contribution in [0.2, 0.25) is 0 Å². The highest BCUT2D eigenvalue weighted by molar-refractivity contribution is 6.02. The third kappa shape index (κ3) is 1.54.